The number of nitrogens with zero attached hydrogens (tertiary/aromatic N) is 1. The maximum Gasteiger partial charge on any atom is 0.218 e. The van der Waals surface area contributed by atoms with Gasteiger partial charge in [0.25, 0.3) is 0 Å². The van der Waals surface area contributed by atoms with E-state index in [1.165, 1.54) is 4.31 Å². The molecule has 0 unspecified atom stereocenters. The Morgan fingerprint density at radius 3 is 2.56 bits per heavy atom. The third-order valence-electron chi connectivity index (χ3n) is 2.80. The Hall–Kier alpha value is -1.07. The van der Waals surface area contributed by atoms with Crippen LogP contribution in [-0.2, 0) is 15.8 Å². The Morgan fingerprint density at radius 2 is 2.00 bits per heavy atom. The van der Waals surface area contributed by atoms with Gasteiger partial charge in [-0.3, -0.25) is 0 Å². The van der Waals surface area contributed by atoms with E-state index in [2.05, 4.69) is 13.8 Å². The molecule has 0 saturated heterocycles. The highest BCUT2D eigenvalue weighted by Gasteiger charge is 2.18. The monoisotopic (exact) mass is 270 g/mol. The molecule has 0 spiro atoms. The van der Waals surface area contributed by atoms with E-state index in [-0.39, 0.29) is 5.75 Å². The smallest absolute Gasteiger partial charge is 0.218 e. The van der Waals surface area contributed by atoms with E-state index in [0.717, 1.165) is 12.0 Å². The molecule has 5 heteroatoms. The number of sulfonamides is 1. The van der Waals surface area contributed by atoms with Crippen molar-refractivity contribution in [2.75, 3.05) is 19.3 Å². The normalized spacial score (nSPS) is 12.3. The lowest BCUT2D eigenvalue weighted by Gasteiger charge is -2.18. The van der Waals surface area contributed by atoms with Gasteiger partial charge in [-0.15, -0.1) is 0 Å². The Labute approximate surface area is 110 Å². The van der Waals surface area contributed by atoms with Crippen LogP contribution in [0.1, 0.15) is 25.8 Å². The highest BCUT2D eigenvalue weighted by Crippen LogP contribution is 2.13. The highest BCUT2D eigenvalue weighted by molar-refractivity contribution is 7.88. The SMILES string of the molecule is CC(C)CCN(C)S(=O)(=O)Cc1cccc(N)c1. The van der Waals surface area contributed by atoms with Crippen molar-refractivity contribution < 1.29 is 8.42 Å². The molecular weight excluding hydrogens is 248 g/mol. The van der Waals surface area contributed by atoms with Crippen LogP contribution >= 0.6 is 0 Å². The van der Waals surface area contributed by atoms with Gasteiger partial charge in [-0.2, -0.15) is 0 Å². The van der Waals surface area contributed by atoms with Gasteiger partial charge in [-0.1, -0.05) is 26.0 Å². The van der Waals surface area contributed by atoms with E-state index in [1.807, 2.05) is 0 Å². The highest BCUT2D eigenvalue weighted by atomic mass is 32.2. The molecule has 2 N–H and O–H groups in total. The number of rotatable bonds is 6. The molecule has 0 heterocycles. The van der Waals surface area contributed by atoms with Gasteiger partial charge in [0.05, 0.1) is 5.75 Å². The second-order valence-electron chi connectivity index (χ2n) is 5.01. The molecule has 18 heavy (non-hydrogen) atoms. The topological polar surface area (TPSA) is 63.4 Å². The summed E-state index contributed by atoms with van der Waals surface area (Å²) in [6, 6.07) is 7.00. The molecule has 0 amide bonds. The number of hydrogen-bond donors (Lipinski definition) is 1. The van der Waals surface area contributed by atoms with E-state index >= 15 is 0 Å². The summed E-state index contributed by atoms with van der Waals surface area (Å²) in [4.78, 5) is 0. The van der Waals surface area contributed by atoms with Crippen molar-refractivity contribution in [2.24, 2.45) is 5.92 Å². The van der Waals surface area contributed by atoms with Crippen molar-refractivity contribution in [1.29, 1.82) is 0 Å². The summed E-state index contributed by atoms with van der Waals surface area (Å²) in [6.45, 7) is 4.72. The molecule has 0 radical (unpaired) electrons. The first-order chi connectivity index (χ1) is 8.31. The molecule has 0 fully saturated rings. The standard InChI is InChI=1S/C13H22N2O2S/c1-11(2)7-8-15(3)18(16,17)10-12-5-4-6-13(14)9-12/h4-6,9,11H,7-8,10,14H2,1-3H3. The average molecular weight is 270 g/mol. The predicted octanol–water partition coefficient (Wildman–Crippen LogP) is 2.08. The summed E-state index contributed by atoms with van der Waals surface area (Å²) in [7, 11) is -1.62. The molecule has 1 aromatic carbocycles. The number of anilines is 1. The quantitative estimate of drug-likeness (QED) is 0.805. The fourth-order valence-electron chi connectivity index (χ4n) is 1.58. The van der Waals surface area contributed by atoms with E-state index in [1.54, 1.807) is 31.3 Å². The van der Waals surface area contributed by atoms with Crippen molar-refractivity contribution >= 4 is 15.7 Å². The molecule has 0 atom stereocenters. The molecule has 0 aromatic heterocycles. The van der Waals surface area contributed by atoms with Crippen LogP contribution in [0.25, 0.3) is 0 Å². The zero-order valence-corrected chi connectivity index (χ0v) is 12.1. The minimum atomic E-state index is -3.25. The van der Waals surface area contributed by atoms with Gasteiger partial charge < -0.3 is 5.73 Å². The minimum absolute atomic E-state index is 0.00658. The van der Waals surface area contributed by atoms with Crippen LogP contribution in [0.4, 0.5) is 5.69 Å². The Kier molecular flexibility index (Phi) is 5.16. The number of nitrogens with two attached hydrogens (primary N) is 1. The summed E-state index contributed by atoms with van der Waals surface area (Å²) in [6.07, 6.45) is 0.868. The molecule has 0 aliphatic heterocycles. The van der Waals surface area contributed by atoms with Crippen molar-refractivity contribution in [3.63, 3.8) is 0 Å². The largest absolute Gasteiger partial charge is 0.399 e. The Balaban J connectivity index is 2.69. The molecule has 0 saturated carbocycles. The first-order valence-corrected chi connectivity index (χ1v) is 7.70. The average Bonchev–Trinajstić information content (AvgIpc) is 2.25. The molecule has 4 nitrogen and oxygen atoms in total. The van der Waals surface area contributed by atoms with Crippen LogP contribution in [0.5, 0.6) is 0 Å². The number of nitrogen functional groups attached to an aromatic ring is 1. The van der Waals surface area contributed by atoms with Gasteiger partial charge in [-0.25, -0.2) is 12.7 Å². The van der Waals surface area contributed by atoms with E-state index in [4.69, 9.17) is 5.73 Å². The van der Waals surface area contributed by atoms with Gasteiger partial charge in [0.2, 0.25) is 10.0 Å². The number of benzene rings is 1. The third kappa shape index (κ3) is 4.66. The molecule has 0 bridgehead atoms. The van der Waals surface area contributed by atoms with Crippen LogP contribution in [0, 0.1) is 5.92 Å². The first-order valence-electron chi connectivity index (χ1n) is 6.09. The molecule has 1 rings (SSSR count). The van der Waals surface area contributed by atoms with E-state index in [0.29, 0.717) is 18.2 Å². The Morgan fingerprint density at radius 1 is 1.33 bits per heavy atom. The summed E-state index contributed by atoms with van der Waals surface area (Å²) >= 11 is 0. The zero-order chi connectivity index (χ0) is 13.8. The van der Waals surface area contributed by atoms with Gasteiger partial charge in [-0.05, 0) is 30.0 Å². The fourth-order valence-corrected chi connectivity index (χ4v) is 2.79. The van der Waals surface area contributed by atoms with Crippen LogP contribution < -0.4 is 5.73 Å². The molecule has 102 valence electrons. The van der Waals surface area contributed by atoms with Crippen molar-refractivity contribution in [3.8, 4) is 0 Å². The van der Waals surface area contributed by atoms with E-state index < -0.39 is 10.0 Å². The summed E-state index contributed by atoms with van der Waals surface area (Å²) in [5.41, 5.74) is 6.96. The van der Waals surface area contributed by atoms with Gasteiger partial charge >= 0.3 is 0 Å². The van der Waals surface area contributed by atoms with E-state index in [9.17, 15) is 8.42 Å². The molecule has 1 aromatic rings. The lowest BCUT2D eigenvalue weighted by molar-refractivity contribution is 0.427. The lowest BCUT2D eigenvalue weighted by Crippen LogP contribution is -2.29. The van der Waals surface area contributed by atoms with Crippen LogP contribution in [0.15, 0.2) is 24.3 Å². The Bertz CT molecular complexity index is 484. The van der Waals surface area contributed by atoms with Crippen molar-refractivity contribution in [2.45, 2.75) is 26.0 Å². The molecule has 0 aliphatic rings. The predicted molar refractivity (Wildman–Crippen MR) is 75.6 cm³/mol. The van der Waals surface area contributed by atoms with Gasteiger partial charge in [0.15, 0.2) is 0 Å². The second-order valence-corrected chi connectivity index (χ2v) is 7.08. The maximum atomic E-state index is 12.1. The fraction of sp³-hybridized carbons (Fsp3) is 0.538. The van der Waals surface area contributed by atoms with Crippen molar-refractivity contribution in [1.82, 2.24) is 4.31 Å². The zero-order valence-electron chi connectivity index (χ0n) is 11.3. The summed E-state index contributed by atoms with van der Waals surface area (Å²) < 4.78 is 25.6. The third-order valence-corrected chi connectivity index (χ3v) is 4.63. The maximum absolute atomic E-state index is 12.1. The van der Waals surface area contributed by atoms with Crippen LogP contribution in [0.3, 0.4) is 0 Å². The summed E-state index contributed by atoms with van der Waals surface area (Å²) in [5.74, 6) is 0.502. The van der Waals surface area contributed by atoms with Gasteiger partial charge in [0, 0.05) is 19.3 Å². The molecular formula is C13H22N2O2S. The minimum Gasteiger partial charge on any atom is -0.399 e. The van der Waals surface area contributed by atoms with Crippen molar-refractivity contribution in [3.05, 3.63) is 29.8 Å². The lowest BCUT2D eigenvalue weighted by atomic mass is 10.1. The second kappa shape index (κ2) is 6.20. The first kappa shape index (κ1) is 15.0. The molecule has 0 aliphatic carbocycles. The van der Waals surface area contributed by atoms with Gasteiger partial charge in [0.1, 0.15) is 0 Å². The van der Waals surface area contributed by atoms with Crippen LogP contribution in [0.2, 0.25) is 0 Å². The van der Waals surface area contributed by atoms with Crippen LogP contribution in [-0.4, -0.2) is 26.3 Å². The number of hydrogen-bond acceptors (Lipinski definition) is 3. The summed E-state index contributed by atoms with van der Waals surface area (Å²) in [5, 5.41) is 0.